The van der Waals surface area contributed by atoms with Gasteiger partial charge in [0.1, 0.15) is 17.2 Å². The molecular weight excluding hydrogens is 1540 g/mol. The number of aliphatic hydroxyl groups excluding tert-OH is 1. The first-order valence-electron chi connectivity index (χ1n) is 39.0. The predicted octanol–water partition coefficient (Wildman–Crippen LogP) is 15.0. The molecule has 20 nitrogen and oxygen atoms in total. The average molecular weight is 1650 g/mol. The normalized spacial score (nSPS) is 11.4. The minimum absolute atomic E-state index is 0. The van der Waals surface area contributed by atoms with Crippen molar-refractivity contribution in [3.05, 3.63) is 321 Å². The first-order chi connectivity index (χ1) is 56.0. The van der Waals surface area contributed by atoms with Crippen LogP contribution in [0.15, 0.2) is 287 Å². The van der Waals surface area contributed by atoms with Gasteiger partial charge in [-0.15, -0.1) is 0 Å². The summed E-state index contributed by atoms with van der Waals surface area (Å²) in [6.45, 7) is 24.0. The summed E-state index contributed by atoms with van der Waals surface area (Å²) in [5, 5.41) is 38.8. The number of aromatic amines is 1. The van der Waals surface area contributed by atoms with Crippen LogP contribution in [-0.2, 0) is 63.2 Å². The maximum atomic E-state index is 13.4. The standard InChI is InChI=1S/C28H34N2O4Si.C21H18N2O4.C18H15P.C17H24O2Si.C11H12N2O3.Li.H2O/c1-28(2,3)35(5,6)34-22-14-15-23-20(18-22)10-9-11-21(23)19-30-25-13-8-7-12-24(25)29(27(30)32)17-16-26(31)33-4;24-16-8-9-17-14(12-16)4-3-5-15(17)13-23-19-7-2-1-6-18(19)22(21(23)27)11-10-20(25)26;1-4-10-16(11-5-1)19(17-12-6-2-7-13-17)18-14-8-3-9-15-18;1-17(2,3)20(4,5)19-15-9-10-16-13(11-15)7-6-8-14(16)12-18;1-16-10(14)6-7-13-9-5-3-2-4-8(9)12-11(13)15;;/h7-15,18H,16-17,19H2,1-6H3;1-9,12,24H,10-11,13H2,(H,25,26);1-15H;6-11,18H,12H2,1-5H3;2-5H,6-7H2,1H3,(H,12,15);;1H2/q;;;;;+1;/p-1. The summed E-state index contributed by atoms with van der Waals surface area (Å²) in [7, 11) is -1.50. The van der Waals surface area contributed by atoms with Crippen molar-refractivity contribution >= 4 is 124 Å². The molecule has 15 aromatic rings. The van der Waals surface area contributed by atoms with Gasteiger partial charge in [0.05, 0.1) is 86.3 Å². The molecule has 0 saturated carbocycles. The van der Waals surface area contributed by atoms with Crippen LogP contribution < -0.4 is 60.7 Å². The summed E-state index contributed by atoms with van der Waals surface area (Å²) in [6, 6.07) is 90.2. The predicted molar refractivity (Wildman–Crippen MR) is 481 cm³/mol. The van der Waals surface area contributed by atoms with E-state index in [0.717, 1.165) is 93.6 Å². The molecule has 0 aliphatic heterocycles. The molecule has 3 aromatic heterocycles. The third-order valence-electron chi connectivity index (χ3n) is 21.7. The van der Waals surface area contributed by atoms with Gasteiger partial charge >= 0.3 is 53.8 Å². The molecule has 0 spiro atoms. The van der Waals surface area contributed by atoms with Gasteiger partial charge in [-0.3, -0.25) is 37.2 Å². The average Bonchev–Trinajstić information content (AvgIpc) is 1.64. The number of fused-ring (bicyclic) bond motifs is 6. The molecule has 0 aliphatic carbocycles. The van der Waals surface area contributed by atoms with Gasteiger partial charge in [-0.1, -0.05) is 242 Å². The van der Waals surface area contributed by atoms with Crippen LogP contribution >= 0.6 is 7.92 Å². The van der Waals surface area contributed by atoms with Gasteiger partial charge in [0.15, 0.2) is 0 Å². The number of benzene rings is 12. The molecule has 0 bridgehead atoms. The Hall–Kier alpha value is -11.6. The van der Waals surface area contributed by atoms with Crippen LogP contribution in [0, 0.1) is 0 Å². The number of aryl methyl sites for hydroxylation is 3. The van der Waals surface area contributed by atoms with Gasteiger partial charge in [0.2, 0.25) is 16.6 Å². The van der Waals surface area contributed by atoms with Crippen LogP contribution in [0.25, 0.3) is 65.4 Å². The number of phenolic OH excluding ortho intramolecular Hbond substituents is 1. The zero-order chi connectivity index (χ0) is 83.8. The number of aromatic nitrogens is 6. The monoisotopic (exact) mass is 1650 g/mol. The number of imidazole rings is 3. The van der Waals surface area contributed by atoms with Gasteiger partial charge in [0, 0.05) is 19.6 Å². The molecular formula is C95H104LiN6O14PSi2. The van der Waals surface area contributed by atoms with Crippen molar-refractivity contribution in [2.75, 3.05) is 14.2 Å². The molecule has 0 atom stereocenters. The minimum atomic E-state index is -1.94. The van der Waals surface area contributed by atoms with Crippen molar-refractivity contribution in [1.29, 1.82) is 0 Å². The molecule has 0 saturated heterocycles. The fraction of sp³-hybridized carbons (Fsp3) is 0.242. The molecule has 12 aromatic carbocycles. The zero-order valence-corrected chi connectivity index (χ0v) is 72.8. The second-order valence-corrected chi connectivity index (χ2v) is 43.2. The number of rotatable bonds is 21. The van der Waals surface area contributed by atoms with Gasteiger partial charge in [-0.25, -0.2) is 14.4 Å². The van der Waals surface area contributed by atoms with E-state index < -0.39 is 30.5 Å². The van der Waals surface area contributed by atoms with Crippen molar-refractivity contribution in [2.45, 2.75) is 136 Å². The Morgan fingerprint density at radius 2 is 0.756 bits per heavy atom. The maximum absolute atomic E-state index is 13.4. The number of carboxylic acid groups (broad SMARTS) is 1. The van der Waals surface area contributed by atoms with Crippen LogP contribution in [-0.4, -0.2) is 97.4 Å². The quantitative estimate of drug-likeness (QED) is 0.0296. The number of esters is 2. The van der Waals surface area contributed by atoms with E-state index in [1.165, 1.54) is 39.3 Å². The number of carbonyl (C=O) groups excluding carboxylic acids is 2. The van der Waals surface area contributed by atoms with Crippen molar-refractivity contribution in [1.82, 2.24) is 27.8 Å². The van der Waals surface area contributed by atoms with Gasteiger partial charge in [-0.05, 0) is 182 Å². The van der Waals surface area contributed by atoms with E-state index in [2.05, 4.69) is 205 Å². The fourth-order valence-electron chi connectivity index (χ4n) is 13.4. The van der Waals surface area contributed by atoms with Crippen LogP contribution in [0.3, 0.4) is 0 Å². The molecule has 5 N–H and O–H groups in total. The number of aromatic hydroxyl groups is 1. The second kappa shape index (κ2) is 40.7. The van der Waals surface area contributed by atoms with E-state index >= 15 is 0 Å². The van der Waals surface area contributed by atoms with Gasteiger partial charge in [-0.2, -0.15) is 0 Å². The van der Waals surface area contributed by atoms with Crippen LogP contribution in [0.1, 0.15) is 77.5 Å². The zero-order valence-electron chi connectivity index (χ0n) is 69.9. The van der Waals surface area contributed by atoms with Gasteiger partial charge in [0.25, 0.3) is 0 Å². The Morgan fingerprint density at radius 1 is 0.412 bits per heavy atom. The number of H-pyrrole nitrogens is 1. The number of methoxy groups -OCH3 is 2. The number of ether oxygens (including phenoxy) is 2. The van der Waals surface area contributed by atoms with E-state index in [-0.39, 0.29) is 108 Å². The molecule has 0 radical (unpaired) electrons. The first-order valence-corrected chi connectivity index (χ1v) is 46.2. The number of carboxylic acids is 1. The van der Waals surface area contributed by atoms with E-state index in [1.54, 1.807) is 25.8 Å². The summed E-state index contributed by atoms with van der Waals surface area (Å²) in [6.07, 6.45) is 0.232. The number of hydrogen-bond donors (Lipinski definition) is 4. The van der Waals surface area contributed by atoms with Crippen LogP contribution in [0.5, 0.6) is 17.2 Å². The third-order valence-corrected chi connectivity index (χ3v) is 32.8. The number of nitrogens with zero attached hydrogens (tertiary/aromatic N) is 5. The summed E-state index contributed by atoms with van der Waals surface area (Å²) < 4.78 is 30.3. The Labute approximate surface area is 708 Å². The Kier molecular flexibility index (Phi) is 31.3. The number of aliphatic hydroxyl groups is 1. The minimum Gasteiger partial charge on any atom is -0.870 e. The third kappa shape index (κ3) is 22.4. The fourth-order valence-corrected chi connectivity index (χ4v) is 17.7. The number of hydrogen-bond acceptors (Lipinski definition) is 13. The summed E-state index contributed by atoms with van der Waals surface area (Å²) in [4.78, 5) is 74.3. The van der Waals surface area contributed by atoms with Crippen molar-refractivity contribution in [2.24, 2.45) is 0 Å². The summed E-state index contributed by atoms with van der Waals surface area (Å²) in [5.41, 5.74) is 7.13. The van der Waals surface area contributed by atoms with Crippen molar-refractivity contribution in [3.63, 3.8) is 0 Å². The summed E-state index contributed by atoms with van der Waals surface area (Å²) in [5.74, 6) is 0.419. The SMILES string of the molecule is CC(C)(C)[Si](C)(C)Oc1ccc2c(CO)cccc2c1.COC(=O)CCn1c(=O)[nH]c2ccccc21.COC(=O)CCn1c(=O)n(Cc2cccc3cc(O[Si](C)(C)C(C)(C)C)ccc23)c2ccccc21.O=C(O)CCn1c(=O)n(Cc2cccc3cc(O)ccc23)c2ccccc21.[Li+].[OH-].c1ccc(P(c2ccccc2)c2ccccc2)cc1. The van der Waals surface area contributed by atoms with Crippen molar-refractivity contribution in [3.8, 4) is 17.2 Å². The Balaban J connectivity index is 0.000000173. The number of phenols is 1. The molecule has 0 aliphatic rings. The molecule has 0 amide bonds. The van der Waals surface area contributed by atoms with Crippen molar-refractivity contribution < 1.29 is 72.4 Å². The molecule has 3 heterocycles. The number of nitrogens with one attached hydrogen (secondary N) is 1. The number of para-hydroxylation sites is 6. The van der Waals surface area contributed by atoms with Crippen LogP contribution in [0.2, 0.25) is 36.3 Å². The molecule has 612 valence electrons. The molecule has 119 heavy (non-hydrogen) atoms. The molecule has 24 heteroatoms. The van der Waals surface area contributed by atoms with E-state index in [1.807, 2.05) is 133 Å². The van der Waals surface area contributed by atoms with E-state index in [4.69, 9.17) is 18.7 Å². The first kappa shape index (κ1) is 91.3. The number of carbonyl (C=O) groups is 3. The van der Waals surface area contributed by atoms with E-state index in [0.29, 0.717) is 19.6 Å². The maximum Gasteiger partial charge on any atom is 1.00 e. The second-order valence-electron chi connectivity index (χ2n) is 31.6. The van der Waals surface area contributed by atoms with Crippen LogP contribution in [0.4, 0.5) is 0 Å². The number of aliphatic carboxylic acids is 1. The van der Waals surface area contributed by atoms with E-state index in [9.17, 15) is 39.0 Å². The molecule has 0 unspecified atom stereocenters. The molecule has 15 rings (SSSR count). The Morgan fingerprint density at radius 3 is 1.15 bits per heavy atom. The van der Waals surface area contributed by atoms with Gasteiger partial charge < -0.3 is 44.1 Å². The largest absolute Gasteiger partial charge is 1.00 e. The molecule has 0 fully saturated rings. The Bertz CT molecular complexity index is 6070. The smallest absolute Gasteiger partial charge is 0.870 e. The topological polar surface area (TPSA) is 270 Å². The summed E-state index contributed by atoms with van der Waals surface area (Å²) >= 11 is 0.